The van der Waals surface area contributed by atoms with Crippen LogP contribution in [0.1, 0.15) is 41.5 Å². The lowest BCUT2D eigenvalue weighted by molar-refractivity contribution is -0.392. The molecule has 63 nitrogen and oxygen atoms in total. The fourth-order valence-electron chi connectivity index (χ4n) is 18.7. The second-order valence-electron chi connectivity index (χ2n) is 36.6. The van der Waals surface area contributed by atoms with Crippen molar-refractivity contribution in [1.82, 2.24) is 21.3 Å². The van der Waals surface area contributed by atoms with Crippen molar-refractivity contribution in [1.29, 1.82) is 0 Å². The molecule has 0 aromatic rings. The number of aliphatic hydroxyl groups excluding tert-OH is 32. The Labute approximate surface area is 809 Å². The van der Waals surface area contributed by atoms with Crippen molar-refractivity contribution in [2.75, 3.05) is 66.1 Å². The van der Waals surface area contributed by atoms with E-state index in [1.165, 1.54) is 13.8 Å². The molecule has 828 valence electrons. The Morgan fingerprint density at radius 1 is 0.196 bits per heavy atom. The molecule has 0 bridgehead atoms. The van der Waals surface area contributed by atoms with Crippen LogP contribution in [0.3, 0.4) is 0 Å². The zero-order valence-corrected chi connectivity index (χ0v) is 77.0. The standard InChI is InChI=1S/C80H134N4O59/c1-17-37(97)47(107)54(114)74(123-17)140-65-36(84-22(6)96)71(132-30(14-92)62(65)137-76-56(116)49(109)39(99)23(7-85)128-76)122-16-32-45(105)66(142-73-35(83-21(5)95)64(43(103)27(11-89)127-73)139-80-68(51(111)41(101)25(9-87)130-80)143-75-55(115)48(108)38(98)18(2)124-75)58(118)78(133-32)135-60-29(13-91)131-70(33(46(60)106)81-19(3)93)121-15-31-44(104)67(59(119)79(134-31)136-61-28(12-90)125-69(120)53(113)52(61)112)141-72-34(82-20(4)94)63(42(102)26(10-88)126-72)138-77-57(117)50(110)40(100)24(8-86)129-77/h17-18,23-80,85-92,97-120H,7-16H2,1-6H3,(H,81,93)(H,82,94)(H,83,95)(H,84,96)/t17-,18-,23+,24+,25+,26+,27+,28+,29+,30+,31+,32+,33+,34+,35+,36+,37+,38+,39-,40-,41-,42+,43+,44-,45-,46+,47+,48+,49-,50-,51-,52+,53+,54-,55-,56+,57+,58+,59+,60+,61+,62+,63+,64+,65+,66-,67-,68+,69?,70+,71+,72-,73-,74-,75-,76-,77-,78-,79-,80-/m0/s1. The number of hydrogen-bond donors (Lipinski definition) is 36. The lowest BCUT2D eigenvalue weighted by atomic mass is 9.93. The summed E-state index contributed by atoms with van der Waals surface area (Å²) in [6, 6.07) is -8.19. The SMILES string of the molecule is CC(=O)N[C@H]1[C@H](OC[C@H]2O[C@@H](O[C@H]3[C@H](O)[C@@H](O)C(O)O[C@@H]3CO)[C@H](O)[C@@H](O[C@@H]3O[C@H](CO)[C@@H](O)[C@H](O[C@@H]4O[C@H](CO)[C@H](O)[C@H](O)[C@H]4O)[C@H]3NC(C)=O)[C@H]2O)O[C@H](CO)[C@@H](O[C@@H]2O[C@H](CO[C@@H]3O[C@H](CO)[C@@H](O[C@@H]4O[C@H](CO)[C@H](O)[C@H](O)[C@H]4O)[C@H](O[C@@H]4O[C@@H](C)[C@@H](O)[C@@H](O)[C@@H]4O)[C@H]3NC(C)=O)[C@H](O)[C@H](O[C@@H]3O[C@H](CO)[C@@H](O)[C@H](O[C@@H]4O[C@H](CO)[C@H](O)[C@H](O)[C@H]4O[C@@H]4O[C@@H](C)[C@@H](O)[C@@H](O)[C@@H]4O)[C@H]3NC(C)=O)[C@H]2O)[C@@H]1O. The number of aliphatic hydroxyl groups is 32. The van der Waals surface area contributed by atoms with Crippen LogP contribution in [0.25, 0.3) is 0 Å². The Bertz CT molecular complexity index is 3960. The number of amides is 4. The van der Waals surface area contributed by atoms with Gasteiger partial charge in [-0.3, -0.25) is 19.2 Å². The van der Waals surface area contributed by atoms with Crippen LogP contribution in [0.15, 0.2) is 0 Å². The summed E-state index contributed by atoms with van der Waals surface area (Å²) in [6.07, 6.45) is -119. The van der Waals surface area contributed by atoms with Gasteiger partial charge in [-0.25, -0.2) is 0 Å². The van der Waals surface area contributed by atoms with E-state index < -0.39 is 458 Å². The van der Waals surface area contributed by atoms with Gasteiger partial charge in [0.05, 0.1) is 78.3 Å². The lowest BCUT2D eigenvalue weighted by Gasteiger charge is -2.51. The summed E-state index contributed by atoms with van der Waals surface area (Å²) < 4.78 is 138. The molecule has 63 heteroatoms. The first-order valence-corrected chi connectivity index (χ1v) is 45.9. The molecule has 0 aromatic heterocycles. The lowest BCUT2D eigenvalue weighted by Crippen LogP contribution is -2.71. The van der Waals surface area contributed by atoms with Gasteiger partial charge in [0.25, 0.3) is 0 Å². The van der Waals surface area contributed by atoms with Crippen LogP contribution in [-0.4, -0.2) is 621 Å². The second kappa shape index (κ2) is 51.0. The highest BCUT2D eigenvalue weighted by Gasteiger charge is 2.64. The van der Waals surface area contributed by atoms with E-state index in [-0.39, 0.29) is 0 Å². The van der Waals surface area contributed by atoms with E-state index in [9.17, 15) is 183 Å². The summed E-state index contributed by atoms with van der Waals surface area (Å²) in [4.78, 5) is 53.9. The zero-order chi connectivity index (χ0) is 105. The van der Waals surface area contributed by atoms with Crippen molar-refractivity contribution in [3.8, 4) is 0 Å². The average Bonchev–Trinajstić information content (AvgIpc) is 0.764. The van der Waals surface area contributed by atoms with Crippen molar-refractivity contribution in [3.63, 3.8) is 0 Å². The smallest absolute Gasteiger partial charge is 0.217 e. The minimum atomic E-state index is -2.67. The fraction of sp³-hybridized carbons (Fsp3) is 0.950. The van der Waals surface area contributed by atoms with Gasteiger partial charge < -0.3 is 294 Å². The minimum Gasteiger partial charge on any atom is -0.394 e. The van der Waals surface area contributed by atoms with Crippen LogP contribution in [0.2, 0.25) is 0 Å². The van der Waals surface area contributed by atoms with Crippen molar-refractivity contribution < 1.29 is 292 Å². The molecular formula is C80H134N4O59. The molecule has 4 amide bonds. The van der Waals surface area contributed by atoms with Crippen LogP contribution in [0, 0.1) is 0 Å². The molecule has 143 heavy (non-hydrogen) atoms. The third kappa shape index (κ3) is 25.8. The number of ether oxygens (including phenoxy) is 23. The number of carbonyl (C=O) groups excluding carboxylic acids is 4. The molecule has 12 heterocycles. The van der Waals surface area contributed by atoms with Crippen molar-refractivity contribution in [3.05, 3.63) is 0 Å². The van der Waals surface area contributed by atoms with Crippen LogP contribution < -0.4 is 21.3 Å². The largest absolute Gasteiger partial charge is 0.394 e. The third-order valence-corrected chi connectivity index (χ3v) is 26.6. The molecule has 12 saturated heterocycles. The quantitative estimate of drug-likeness (QED) is 0.0277. The van der Waals surface area contributed by atoms with E-state index in [2.05, 4.69) is 21.3 Å². The van der Waals surface area contributed by atoms with Gasteiger partial charge >= 0.3 is 0 Å². The van der Waals surface area contributed by atoms with Crippen molar-refractivity contribution in [2.45, 2.75) is 410 Å². The average molecular weight is 2100 g/mol. The van der Waals surface area contributed by atoms with E-state index in [1.54, 1.807) is 0 Å². The van der Waals surface area contributed by atoms with E-state index in [0.717, 1.165) is 27.7 Å². The summed E-state index contributed by atoms with van der Waals surface area (Å²) in [5, 5.41) is 369. The fourth-order valence-corrected chi connectivity index (χ4v) is 18.7. The monoisotopic (exact) mass is 2090 g/mol. The van der Waals surface area contributed by atoms with Crippen LogP contribution in [0.5, 0.6) is 0 Å². The van der Waals surface area contributed by atoms with E-state index in [1.807, 2.05) is 0 Å². The first-order chi connectivity index (χ1) is 67.6. The first kappa shape index (κ1) is 117. The van der Waals surface area contributed by atoms with Gasteiger partial charge in [0.2, 0.25) is 23.6 Å². The number of hydrogen-bond acceptors (Lipinski definition) is 59. The van der Waals surface area contributed by atoms with Gasteiger partial charge in [-0.1, -0.05) is 0 Å². The molecular weight excluding hydrogens is 1960 g/mol. The Kier molecular flexibility index (Phi) is 41.8. The Morgan fingerprint density at radius 2 is 0.441 bits per heavy atom. The predicted molar refractivity (Wildman–Crippen MR) is 439 cm³/mol. The molecule has 12 aliphatic rings. The molecule has 0 aliphatic carbocycles. The van der Waals surface area contributed by atoms with Gasteiger partial charge in [-0.2, -0.15) is 0 Å². The highest BCUT2D eigenvalue weighted by Crippen LogP contribution is 2.43. The normalized spacial score (nSPS) is 50.7. The van der Waals surface area contributed by atoms with Crippen LogP contribution >= 0.6 is 0 Å². The van der Waals surface area contributed by atoms with Crippen molar-refractivity contribution in [2.24, 2.45) is 0 Å². The van der Waals surface area contributed by atoms with Crippen molar-refractivity contribution >= 4 is 23.6 Å². The third-order valence-electron chi connectivity index (χ3n) is 26.6. The summed E-state index contributed by atoms with van der Waals surface area (Å²) in [7, 11) is 0. The number of rotatable bonds is 36. The first-order valence-electron chi connectivity index (χ1n) is 45.9. The number of carbonyl (C=O) groups is 4. The Hall–Kier alpha value is -4.32. The van der Waals surface area contributed by atoms with Gasteiger partial charge in [0, 0.05) is 27.7 Å². The molecule has 0 saturated carbocycles. The molecule has 12 fully saturated rings. The van der Waals surface area contributed by atoms with E-state index in [0.29, 0.717) is 0 Å². The molecule has 1 unspecified atom stereocenters. The molecule has 0 radical (unpaired) electrons. The maximum Gasteiger partial charge on any atom is 0.217 e. The highest BCUT2D eigenvalue weighted by atomic mass is 16.8. The van der Waals surface area contributed by atoms with Crippen LogP contribution in [0.4, 0.5) is 0 Å². The Morgan fingerprint density at radius 3 is 0.832 bits per heavy atom. The summed E-state index contributed by atoms with van der Waals surface area (Å²) >= 11 is 0. The predicted octanol–water partition coefficient (Wildman–Crippen LogP) is -24.5. The van der Waals surface area contributed by atoms with Gasteiger partial charge in [0.1, 0.15) is 281 Å². The molecule has 36 N–H and O–H groups in total. The summed E-state index contributed by atoms with van der Waals surface area (Å²) in [5.41, 5.74) is 0. The summed E-state index contributed by atoms with van der Waals surface area (Å²) in [6.45, 7) is -5.67. The number of nitrogens with one attached hydrogen (secondary N) is 4. The maximum absolute atomic E-state index is 13.6. The summed E-state index contributed by atoms with van der Waals surface area (Å²) in [5.74, 6) is -4.12. The Balaban J connectivity index is 0.886. The second-order valence-corrected chi connectivity index (χ2v) is 36.6. The molecule has 12 rings (SSSR count). The van der Waals surface area contributed by atoms with Gasteiger partial charge in [-0.15, -0.1) is 0 Å². The highest BCUT2D eigenvalue weighted by molar-refractivity contribution is 5.74. The molecule has 60 atom stereocenters. The molecule has 12 aliphatic heterocycles. The maximum atomic E-state index is 13.6. The van der Waals surface area contributed by atoms with E-state index in [4.69, 9.17) is 109 Å². The zero-order valence-electron chi connectivity index (χ0n) is 77.0. The minimum absolute atomic E-state index is 0.877. The topological polar surface area (TPSA) is 976 Å². The van der Waals surface area contributed by atoms with Crippen LogP contribution in [-0.2, 0) is 128 Å². The van der Waals surface area contributed by atoms with Gasteiger partial charge in [0.15, 0.2) is 75.5 Å². The van der Waals surface area contributed by atoms with Gasteiger partial charge in [-0.05, 0) is 13.8 Å². The van der Waals surface area contributed by atoms with E-state index >= 15 is 0 Å². The molecule has 0 aromatic carbocycles. The molecule has 0 spiro atoms.